The molecule has 1 fully saturated rings. The molecule has 1 aromatic heterocycles. The zero-order valence-electron chi connectivity index (χ0n) is 11.0. The SMILES string of the molecule is CC1CCC(NCc2ccc(CC(=O)O)s2)C1C. The maximum atomic E-state index is 10.6. The van der Waals surface area contributed by atoms with E-state index in [1.54, 1.807) is 11.3 Å². The molecule has 1 aromatic rings. The molecule has 2 N–H and O–H groups in total. The Labute approximate surface area is 112 Å². The minimum Gasteiger partial charge on any atom is -0.481 e. The molecule has 1 aliphatic carbocycles. The van der Waals surface area contributed by atoms with E-state index in [0.29, 0.717) is 6.04 Å². The van der Waals surface area contributed by atoms with Crippen LogP contribution in [0.1, 0.15) is 36.4 Å². The largest absolute Gasteiger partial charge is 0.481 e. The molecule has 0 spiro atoms. The number of carboxylic acid groups (broad SMARTS) is 1. The number of rotatable bonds is 5. The zero-order chi connectivity index (χ0) is 13.1. The molecule has 2 rings (SSSR count). The number of carbonyl (C=O) groups is 1. The highest BCUT2D eigenvalue weighted by atomic mass is 32.1. The molecule has 4 heteroatoms. The first-order valence-electron chi connectivity index (χ1n) is 6.59. The van der Waals surface area contributed by atoms with E-state index in [4.69, 9.17) is 5.11 Å². The highest BCUT2D eigenvalue weighted by Crippen LogP contribution is 2.31. The quantitative estimate of drug-likeness (QED) is 0.862. The van der Waals surface area contributed by atoms with E-state index in [0.717, 1.165) is 23.3 Å². The Hall–Kier alpha value is -0.870. The summed E-state index contributed by atoms with van der Waals surface area (Å²) in [5.41, 5.74) is 0. The van der Waals surface area contributed by atoms with E-state index in [1.807, 2.05) is 12.1 Å². The fourth-order valence-corrected chi connectivity index (χ4v) is 3.61. The molecule has 0 saturated heterocycles. The van der Waals surface area contributed by atoms with E-state index in [1.165, 1.54) is 17.7 Å². The van der Waals surface area contributed by atoms with Gasteiger partial charge in [0.2, 0.25) is 0 Å². The summed E-state index contributed by atoms with van der Waals surface area (Å²) in [7, 11) is 0. The fourth-order valence-electron chi connectivity index (χ4n) is 2.65. The van der Waals surface area contributed by atoms with Crippen molar-refractivity contribution in [3.63, 3.8) is 0 Å². The van der Waals surface area contributed by atoms with Crippen molar-refractivity contribution in [1.29, 1.82) is 0 Å². The van der Waals surface area contributed by atoms with Gasteiger partial charge >= 0.3 is 5.97 Å². The molecule has 0 bridgehead atoms. The molecular weight excluding hydrogens is 246 g/mol. The smallest absolute Gasteiger partial charge is 0.308 e. The average molecular weight is 267 g/mol. The number of nitrogens with one attached hydrogen (secondary N) is 1. The normalized spacial score (nSPS) is 27.6. The number of hydrogen-bond acceptors (Lipinski definition) is 3. The summed E-state index contributed by atoms with van der Waals surface area (Å²) in [5.74, 6) is 0.798. The van der Waals surface area contributed by atoms with Crippen molar-refractivity contribution < 1.29 is 9.90 Å². The lowest BCUT2D eigenvalue weighted by Gasteiger charge is -2.19. The lowest BCUT2D eigenvalue weighted by molar-refractivity contribution is -0.136. The standard InChI is InChI=1S/C14H21NO2S/c1-9-3-6-13(10(9)2)15-8-12-5-4-11(18-12)7-14(16)17/h4-5,9-10,13,15H,3,6-8H2,1-2H3,(H,16,17). The second-order valence-electron chi connectivity index (χ2n) is 5.34. The highest BCUT2D eigenvalue weighted by molar-refractivity contribution is 7.12. The van der Waals surface area contributed by atoms with Crippen LogP contribution >= 0.6 is 11.3 Å². The lowest BCUT2D eigenvalue weighted by Crippen LogP contribution is -2.31. The van der Waals surface area contributed by atoms with Crippen molar-refractivity contribution in [3.05, 3.63) is 21.9 Å². The van der Waals surface area contributed by atoms with Crippen molar-refractivity contribution in [2.45, 2.75) is 45.7 Å². The van der Waals surface area contributed by atoms with Crippen molar-refractivity contribution in [2.24, 2.45) is 11.8 Å². The number of thiophene rings is 1. The van der Waals surface area contributed by atoms with Gasteiger partial charge in [-0.1, -0.05) is 13.8 Å². The van der Waals surface area contributed by atoms with E-state index >= 15 is 0 Å². The number of aliphatic carboxylic acids is 1. The Morgan fingerprint density at radius 1 is 1.39 bits per heavy atom. The number of hydrogen-bond donors (Lipinski definition) is 2. The van der Waals surface area contributed by atoms with Crippen molar-refractivity contribution >= 4 is 17.3 Å². The van der Waals surface area contributed by atoms with Crippen LogP contribution in [-0.2, 0) is 17.8 Å². The molecule has 1 saturated carbocycles. The third-order valence-electron chi connectivity index (χ3n) is 4.05. The summed E-state index contributed by atoms with van der Waals surface area (Å²) in [6.45, 7) is 5.51. The van der Waals surface area contributed by atoms with Crippen LogP contribution in [0.25, 0.3) is 0 Å². The molecule has 100 valence electrons. The van der Waals surface area contributed by atoms with Gasteiger partial charge in [-0.15, -0.1) is 11.3 Å². The van der Waals surface area contributed by atoms with E-state index in [9.17, 15) is 4.79 Å². The molecule has 18 heavy (non-hydrogen) atoms. The Morgan fingerprint density at radius 3 is 2.72 bits per heavy atom. The number of carboxylic acids is 1. The minimum atomic E-state index is -0.755. The van der Waals surface area contributed by atoms with Crippen molar-refractivity contribution in [1.82, 2.24) is 5.32 Å². The summed E-state index contributed by atoms with van der Waals surface area (Å²) in [6.07, 6.45) is 2.71. The predicted octanol–water partition coefficient (Wildman–Crippen LogP) is 2.90. The van der Waals surface area contributed by atoms with E-state index in [2.05, 4.69) is 19.2 Å². The van der Waals surface area contributed by atoms with Gasteiger partial charge in [-0.05, 0) is 36.8 Å². The summed E-state index contributed by atoms with van der Waals surface area (Å²) in [4.78, 5) is 12.8. The third-order valence-corrected chi connectivity index (χ3v) is 5.13. The average Bonchev–Trinajstić information content (AvgIpc) is 2.86. The summed E-state index contributed by atoms with van der Waals surface area (Å²) < 4.78 is 0. The molecule has 0 aliphatic heterocycles. The van der Waals surface area contributed by atoms with Crippen molar-refractivity contribution in [3.8, 4) is 0 Å². The van der Waals surface area contributed by atoms with Crippen LogP contribution in [0.2, 0.25) is 0 Å². The van der Waals surface area contributed by atoms with Crippen LogP contribution in [0.4, 0.5) is 0 Å². The van der Waals surface area contributed by atoms with Crippen LogP contribution in [0.3, 0.4) is 0 Å². The molecule has 0 amide bonds. The molecule has 3 unspecified atom stereocenters. The lowest BCUT2D eigenvalue weighted by atomic mass is 9.98. The second-order valence-corrected chi connectivity index (χ2v) is 6.59. The summed E-state index contributed by atoms with van der Waals surface area (Å²) in [6, 6.07) is 4.58. The van der Waals surface area contributed by atoms with Gasteiger partial charge in [-0.2, -0.15) is 0 Å². The second kappa shape index (κ2) is 5.85. The Bertz CT molecular complexity index is 416. The molecule has 1 heterocycles. The molecule has 3 nitrogen and oxygen atoms in total. The predicted molar refractivity (Wildman–Crippen MR) is 73.8 cm³/mol. The summed E-state index contributed by atoms with van der Waals surface area (Å²) in [5, 5.41) is 12.3. The van der Waals surface area contributed by atoms with Gasteiger partial charge in [0.25, 0.3) is 0 Å². The molecular formula is C14H21NO2S. The molecule has 1 aliphatic rings. The molecule has 3 atom stereocenters. The Kier molecular flexibility index (Phi) is 4.40. The summed E-state index contributed by atoms with van der Waals surface area (Å²) >= 11 is 1.60. The van der Waals surface area contributed by atoms with Gasteiger partial charge in [-0.3, -0.25) is 4.79 Å². The molecule has 0 aromatic carbocycles. The van der Waals surface area contributed by atoms with Crippen LogP contribution < -0.4 is 5.32 Å². The topological polar surface area (TPSA) is 49.3 Å². The minimum absolute atomic E-state index is 0.140. The first-order chi connectivity index (χ1) is 8.56. The maximum absolute atomic E-state index is 10.6. The fraction of sp³-hybridized carbons (Fsp3) is 0.643. The first-order valence-corrected chi connectivity index (χ1v) is 7.40. The monoisotopic (exact) mass is 267 g/mol. The van der Waals surface area contributed by atoms with Crippen LogP contribution in [-0.4, -0.2) is 17.1 Å². The third kappa shape index (κ3) is 3.33. The molecule has 0 radical (unpaired) electrons. The van der Waals surface area contributed by atoms with Crippen LogP contribution in [0, 0.1) is 11.8 Å². The van der Waals surface area contributed by atoms with E-state index < -0.39 is 5.97 Å². The van der Waals surface area contributed by atoms with Gasteiger partial charge < -0.3 is 10.4 Å². The zero-order valence-corrected chi connectivity index (χ0v) is 11.8. The highest BCUT2D eigenvalue weighted by Gasteiger charge is 2.29. The van der Waals surface area contributed by atoms with Gasteiger partial charge in [0.1, 0.15) is 0 Å². The maximum Gasteiger partial charge on any atom is 0.308 e. The van der Waals surface area contributed by atoms with Gasteiger partial charge in [0.05, 0.1) is 6.42 Å². The Balaban J connectivity index is 1.83. The Morgan fingerprint density at radius 2 is 2.11 bits per heavy atom. The van der Waals surface area contributed by atoms with Crippen molar-refractivity contribution in [2.75, 3.05) is 0 Å². The van der Waals surface area contributed by atoms with Crippen LogP contribution in [0.5, 0.6) is 0 Å². The van der Waals surface area contributed by atoms with Gasteiger partial charge in [-0.25, -0.2) is 0 Å². The van der Waals surface area contributed by atoms with E-state index in [-0.39, 0.29) is 6.42 Å². The van der Waals surface area contributed by atoms with Gasteiger partial charge in [0, 0.05) is 22.3 Å². The first kappa shape index (κ1) is 13.6. The van der Waals surface area contributed by atoms with Crippen LogP contribution in [0.15, 0.2) is 12.1 Å². The van der Waals surface area contributed by atoms with Gasteiger partial charge in [0.15, 0.2) is 0 Å².